The maximum Gasteiger partial charge on any atom is 0.118 e. The highest BCUT2D eigenvalue weighted by molar-refractivity contribution is 5.12. The van der Waals surface area contributed by atoms with Crippen molar-refractivity contribution in [2.45, 2.75) is 26.4 Å². The second-order valence-electron chi connectivity index (χ2n) is 4.49. The first-order valence-corrected chi connectivity index (χ1v) is 6.45. The number of morpholine rings is 1. The molecule has 1 N–H and O–H groups in total. The zero-order valence-corrected chi connectivity index (χ0v) is 10.6. The molecule has 1 aliphatic heterocycles. The van der Waals surface area contributed by atoms with Crippen LogP contribution in [0.3, 0.4) is 0 Å². The quantitative estimate of drug-likeness (QED) is 0.764. The molecule has 0 unspecified atom stereocenters. The van der Waals surface area contributed by atoms with E-state index in [1.54, 1.807) is 0 Å². The van der Waals surface area contributed by atoms with E-state index in [9.17, 15) is 0 Å². The van der Waals surface area contributed by atoms with E-state index in [1.807, 2.05) is 6.26 Å². The fourth-order valence-electron chi connectivity index (χ4n) is 1.99. The summed E-state index contributed by atoms with van der Waals surface area (Å²) in [6.07, 6.45) is 3.02. The maximum atomic E-state index is 5.58. The molecular weight excluding hydrogens is 216 g/mol. The van der Waals surface area contributed by atoms with Crippen LogP contribution in [0.4, 0.5) is 0 Å². The molecular formula is C13H22N2O2. The van der Waals surface area contributed by atoms with Crippen molar-refractivity contribution in [1.82, 2.24) is 10.2 Å². The van der Waals surface area contributed by atoms with E-state index in [-0.39, 0.29) is 0 Å². The van der Waals surface area contributed by atoms with Crippen LogP contribution in [0.1, 0.15) is 24.7 Å². The molecule has 1 saturated heterocycles. The van der Waals surface area contributed by atoms with Gasteiger partial charge < -0.3 is 14.5 Å². The lowest BCUT2D eigenvalue weighted by Gasteiger charge is -2.25. The van der Waals surface area contributed by atoms with Crippen molar-refractivity contribution in [3.63, 3.8) is 0 Å². The molecule has 0 radical (unpaired) electrons. The first-order valence-electron chi connectivity index (χ1n) is 6.45. The van der Waals surface area contributed by atoms with E-state index in [0.29, 0.717) is 0 Å². The van der Waals surface area contributed by atoms with Crippen LogP contribution >= 0.6 is 0 Å². The molecule has 2 rings (SSSR count). The first-order chi connectivity index (χ1) is 8.38. The van der Waals surface area contributed by atoms with Gasteiger partial charge in [-0.25, -0.2) is 0 Å². The van der Waals surface area contributed by atoms with E-state index in [1.165, 1.54) is 12.0 Å². The lowest BCUT2D eigenvalue weighted by molar-refractivity contribution is 0.0313. The average molecular weight is 238 g/mol. The summed E-state index contributed by atoms with van der Waals surface area (Å²) >= 11 is 0. The molecule has 1 aromatic rings. The van der Waals surface area contributed by atoms with E-state index in [0.717, 1.165) is 51.7 Å². The van der Waals surface area contributed by atoms with Crippen LogP contribution in [0.5, 0.6) is 0 Å². The molecule has 0 aliphatic carbocycles. The van der Waals surface area contributed by atoms with Crippen LogP contribution in [0, 0.1) is 0 Å². The van der Waals surface area contributed by atoms with Crippen LogP contribution in [-0.2, 0) is 17.8 Å². The molecule has 0 atom stereocenters. The first kappa shape index (κ1) is 12.6. The summed E-state index contributed by atoms with van der Waals surface area (Å²) in [6, 6.07) is 2.15. The predicted molar refractivity (Wildman–Crippen MR) is 66.8 cm³/mol. The average Bonchev–Trinajstić information content (AvgIpc) is 2.79. The number of hydrogen-bond donors (Lipinski definition) is 1. The third-order valence-electron chi connectivity index (χ3n) is 2.95. The molecule has 4 heteroatoms. The van der Waals surface area contributed by atoms with Crippen molar-refractivity contribution >= 4 is 0 Å². The van der Waals surface area contributed by atoms with E-state index >= 15 is 0 Å². The SMILES string of the molecule is CCCNCc1coc(CN2CCOCC2)c1. The molecule has 0 amide bonds. The minimum absolute atomic E-state index is 0.839. The van der Waals surface area contributed by atoms with E-state index in [4.69, 9.17) is 9.15 Å². The summed E-state index contributed by atoms with van der Waals surface area (Å²) in [4.78, 5) is 2.37. The summed E-state index contributed by atoms with van der Waals surface area (Å²) in [5, 5.41) is 3.37. The fourth-order valence-corrected chi connectivity index (χ4v) is 1.99. The van der Waals surface area contributed by atoms with Gasteiger partial charge in [0.2, 0.25) is 0 Å². The third kappa shape index (κ3) is 4.15. The van der Waals surface area contributed by atoms with Crippen LogP contribution in [0.2, 0.25) is 0 Å². The highest BCUT2D eigenvalue weighted by Crippen LogP contribution is 2.11. The molecule has 0 spiro atoms. The molecule has 1 fully saturated rings. The van der Waals surface area contributed by atoms with Gasteiger partial charge in [-0.1, -0.05) is 6.92 Å². The Hall–Kier alpha value is -0.840. The summed E-state index contributed by atoms with van der Waals surface area (Å²) < 4.78 is 10.9. The number of nitrogens with one attached hydrogen (secondary N) is 1. The van der Waals surface area contributed by atoms with Gasteiger partial charge in [-0.05, 0) is 19.0 Å². The van der Waals surface area contributed by atoms with Gasteiger partial charge >= 0.3 is 0 Å². The molecule has 0 saturated carbocycles. The Kier molecular flexibility index (Phi) is 5.04. The van der Waals surface area contributed by atoms with Gasteiger partial charge in [0.15, 0.2) is 0 Å². The minimum atomic E-state index is 0.839. The molecule has 0 bridgehead atoms. The Bertz CT molecular complexity index is 319. The summed E-state index contributed by atoms with van der Waals surface area (Å²) in [5.74, 6) is 1.06. The molecule has 0 aromatic carbocycles. The van der Waals surface area contributed by atoms with Gasteiger partial charge in [0.05, 0.1) is 26.0 Å². The number of ether oxygens (including phenoxy) is 1. The Morgan fingerprint density at radius 1 is 1.35 bits per heavy atom. The standard InChI is InChI=1S/C13H22N2O2/c1-2-3-14-9-12-8-13(17-11-12)10-15-4-6-16-7-5-15/h8,11,14H,2-7,9-10H2,1H3. The highest BCUT2D eigenvalue weighted by atomic mass is 16.5. The zero-order valence-electron chi connectivity index (χ0n) is 10.6. The van der Waals surface area contributed by atoms with Crippen molar-refractivity contribution in [2.24, 2.45) is 0 Å². The number of rotatable bonds is 6. The number of nitrogens with zero attached hydrogens (tertiary/aromatic N) is 1. The Balaban J connectivity index is 1.76. The summed E-state index contributed by atoms with van der Waals surface area (Å²) in [7, 11) is 0. The van der Waals surface area contributed by atoms with Gasteiger partial charge in [0.25, 0.3) is 0 Å². The van der Waals surface area contributed by atoms with Crippen molar-refractivity contribution in [1.29, 1.82) is 0 Å². The third-order valence-corrected chi connectivity index (χ3v) is 2.95. The predicted octanol–water partition coefficient (Wildman–Crippen LogP) is 1.61. The lowest BCUT2D eigenvalue weighted by atomic mass is 10.3. The fraction of sp³-hybridized carbons (Fsp3) is 0.692. The van der Waals surface area contributed by atoms with Crippen LogP contribution < -0.4 is 5.32 Å². The monoisotopic (exact) mass is 238 g/mol. The van der Waals surface area contributed by atoms with Crippen molar-refractivity contribution in [3.8, 4) is 0 Å². The Labute approximate surface area is 103 Å². The lowest BCUT2D eigenvalue weighted by Crippen LogP contribution is -2.35. The largest absolute Gasteiger partial charge is 0.468 e. The molecule has 96 valence electrons. The topological polar surface area (TPSA) is 37.6 Å². The van der Waals surface area contributed by atoms with Gasteiger partial charge in [0.1, 0.15) is 5.76 Å². The van der Waals surface area contributed by atoms with Gasteiger partial charge in [-0.3, -0.25) is 4.90 Å². The zero-order chi connectivity index (χ0) is 11.9. The van der Waals surface area contributed by atoms with Crippen LogP contribution in [0.15, 0.2) is 16.7 Å². The summed E-state index contributed by atoms with van der Waals surface area (Å²) in [5.41, 5.74) is 1.24. The maximum absolute atomic E-state index is 5.58. The molecule has 4 nitrogen and oxygen atoms in total. The van der Waals surface area contributed by atoms with Crippen molar-refractivity contribution in [3.05, 3.63) is 23.7 Å². The van der Waals surface area contributed by atoms with Crippen LogP contribution in [-0.4, -0.2) is 37.7 Å². The molecule has 17 heavy (non-hydrogen) atoms. The normalized spacial score (nSPS) is 17.5. The molecule has 2 heterocycles. The second-order valence-corrected chi connectivity index (χ2v) is 4.49. The number of hydrogen-bond acceptors (Lipinski definition) is 4. The Morgan fingerprint density at radius 2 is 2.18 bits per heavy atom. The molecule has 1 aliphatic rings. The Morgan fingerprint density at radius 3 is 2.94 bits per heavy atom. The second kappa shape index (κ2) is 6.79. The number of furan rings is 1. The smallest absolute Gasteiger partial charge is 0.118 e. The minimum Gasteiger partial charge on any atom is -0.468 e. The highest BCUT2D eigenvalue weighted by Gasteiger charge is 2.12. The van der Waals surface area contributed by atoms with E-state index < -0.39 is 0 Å². The van der Waals surface area contributed by atoms with E-state index in [2.05, 4.69) is 23.2 Å². The molecule has 1 aromatic heterocycles. The van der Waals surface area contributed by atoms with Crippen LogP contribution in [0.25, 0.3) is 0 Å². The summed E-state index contributed by atoms with van der Waals surface area (Å²) in [6.45, 7) is 8.72. The van der Waals surface area contributed by atoms with Crippen molar-refractivity contribution < 1.29 is 9.15 Å². The van der Waals surface area contributed by atoms with Crippen molar-refractivity contribution in [2.75, 3.05) is 32.8 Å². The van der Waals surface area contributed by atoms with Gasteiger partial charge in [0, 0.05) is 25.2 Å². The van der Waals surface area contributed by atoms with Gasteiger partial charge in [-0.15, -0.1) is 0 Å². The van der Waals surface area contributed by atoms with Gasteiger partial charge in [-0.2, -0.15) is 0 Å².